The standard InChI is InChI=1S/C33H29IN2O4S/c1-22-8-7-9-24(16-22)21-40-31-28(34)17-25(18-29(31)39-3)19-30-32(37)36(20-23-12-14-27(38-2)15-13-23)33(41-30)35-26-10-5-4-6-11-26/h4-19H,20-21H2,1-3H3/b30-19-,35-33?. The molecule has 0 spiro atoms. The number of amidine groups is 1. The number of benzene rings is 4. The maximum absolute atomic E-state index is 13.7. The number of aliphatic imine (C=N–C) groups is 1. The van der Waals surface area contributed by atoms with Gasteiger partial charge in [-0.3, -0.25) is 9.69 Å². The first-order valence-corrected chi connectivity index (χ1v) is 14.9. The number of aryl methyl sites for hydroxylation is 1. The van der Waals surface area contributed by atoms with Gasteiger partial charge in [-0.2, -0.15) is 0 Å². The van der Waals surface area contributed by atoms with Crippen LogP contribution in [0.2, 0.25) is 0 Å². The zero-order valence-corrected chi connectivity index (χ0v) is 25.9. The Hall–Kier alpha value is -3.76. The number of amides is 1. The zero-order chi connectivity index (χ0) is 28.8. The van der Waals surface area contributed by atoms with E-state index in [1.807, 2.05) is 84.9 Å². The second-order valence-corrected chi connectivity index (χ2v) is 11.6. The number of thioether (sulfide) groups is 1. The van der Waals surface area contributed by atoms with Crippen molar-refractivity contribution in [2.24, 2.45) is 4.99 Å². The molecule has 0 unspecified atom stereocenters. The Kier molecular flexibility index (Phi) is 9.31. The Morgan fingerprint density at radius 3 is 2.39 bits per heavy atom. The Morgan fingerprint density at radius 2 is 1.68 bits per heavy atom. The third kappa shape index (κ3) is 7.12. The van der Waals surface area contributed by atoms with E-state index < -0.39 is 0 Å². The van der Waals surface area contributed by atoms with Gasteiger partial charge in [-0.1, -0.05) is 60.2 Å². The molecule has 0 radical (unpaired) electrons. The van der Waals surface area contributed by atoms with Crippen molar-refractivity contribution in [2.75, 3.05) is 14.2 Å². The van der Waals surface area contributed by atoms with Crippen LogP contribution in [0, 0.1) is 10.5 Å². The highest BCUT2D eigenvalue weighted by Gasteiger charge is 2.33. The third-order valence-corrected chi connectivity index (χ3v) is 8.19. The highest BCUT2D eigenvalue weighted by molar-refractivity contribution is 14.1. The Labute approximate surface area is 258 Å². The number of ether oxygens (including phenoxy) is 3. The van der Waals surface area contributed by atoms with Crippen LogP contribution in [-0.4, -0.2) is 30.2 Å². The first-order valence-electron chi connectivity index (χ1n) is 13.0. The van der Waals surface area contributed by atoms with Gasteiger partial charge in [0.1, 0.15) is 12.4 Å². The SMILES string of the molecule is COc1ccc(CN2C(=O)/C(=C/c3cc(I)c(OCc4cccc(C)c4)c(OC)c3)SC2=Nc2ccccc2)cc1. The fourth-order valence-electron chi connectivity index (χ4n) is 4.33. The molecule has 4 aromatic carbocycles. The molecule has 1 aliphatic heterocycles. The van der Waals surface area contributed by atoms with Crippen LogP contribution in [0.25, 0.3) is 6.08 Å². The van der Waals surface area contributed by atoms with Gasteiger partial charge < -0.3 is 14.2 Å². The van der Waals surface area contributed by atoms with Crippen LogP contribution in [0.5, 0.6) is 17.2 Å². The van der Waals surface area contributed by atoms with Gasteiger partial charge in [-0.25, -0.2) is 4.99 Å². The summed E-state index contributed by atoms with van der Waals surface area (Å²) in [6, 6.07) is 29.5. The van der Waals surface area contributed by atoms with Crippen LogP contribution in [0.1, 0.15) is 22.3 Å². The number of nitrogens with zero attached hydrogens (tertiary/aromatic N) is 2. The fraction of sp³-hybridized carbons (Fsp3) is 0.152. The van der Waals surface area contributed by atoms with Crippen molar-refractivity contribution in [3.05, 3.63) is 122 Å². The summed E-state index contributed by atoms with van der Waals surface area (Å²) in [5.74, 6) is 1.95. The van der Waals surface area contributed by atoms with Gasteiger partial charge in [0.15, 0.2) is 16.7 Å². The van der Waals surface area contributed by atoms with Crippen molar-refractivity contribution < 1.29 is 19.0 Å². The lowest BCUT2D eigenvalue weighted by molar-refractivity contribution is -0.122. The summed E-state index contributed by atoms with van der Waals surface area (Å²) in [7, 11) is 3.26. The van der Waals surface area contributed by atoms with Gasteiger partial charge in [-0.05, 0) is 100 Å². The van der Waals surface area contributed by atoms with Crippen molar-refractivity contribution >= 4 is 57.2 Å². The minimum absolute atomic E-state index is 0.103. The van der Waals surface area contributed by atoms with Crippen molar-refractivity contribution in [1.29, 1.82) is 0 Å². The number of hydrogen-bond donors (Lipinski definition) is 0. The van der Waals surface area contributed by atoms with E-state index in [0.29, 0.717) is 34.7 Å². The Bertz CT molecular complexity index is 1600. The van der Waals surface area contributed by atoms with Gasteiger partial charge in [-0.15, -0.1) is 0 Å². The van der Waals surface area contributed by atoms with Crippen LogP contribution in [-0.2, 0) is 17.9 Å². The molecule has 1 saturated heterocycles. The molecular formula is C33H29IN2O4S. The molecule has 208 valence electrons. The summed E-state index contributed by atoms with van der Waals surface area (Å²) in [4.78, 5) is 20.8. The van der Waals surface area contributed by atoms with Crippen molar-refractivity contribution in [3.8, 4) is 17.2 Å². The molecular weight excluding hydrogens is 647 g/mol. The molecule has 0 atom stereocenters. The zero-order valence-electron chi connectivity index (χ0n) is 23.0. The number of carbonyl (C=O) groups is 1. The van der Waals surface area contributed by atoms with E-state index in [9.17, 15) is 4.79 Å². The quantitative estimate of drug-likeness (QED) is 0.133. The molecule has 8 heteroatoms. The van der Waals surface area contributed by atoms with Gasteiger partial charge in [0.2, 0.25) is 0 Å². The lowest BCUT2D eigenvalue weighted by Crippen LogP contribution is -2.28. The highest BCUT2D eigenvalue weighted by Crippen LogP contribution is 2.39. The van der Waals surface area contributed by atoms with E-state index in [1.54, 1.807) is 19.1 Å². The Morgan fingerprint density at radius 1 is 0.902 bits per heavy atom. The summed E-state index contributed by atoms with van der Waals surface area (Å²) in [5.41, 5.74) is 4.88. The van der Waals surface area contributed by atoms with Gasteiger partial charge >= 0.3 is 0 Å². The molecule has 0 aliphatic carbocycles. The molecule has 0 aromatic heterocycles. The summed E-state index contributed by atoms with van der Waals surface area (Å²) in [6.45, 7) is 2.89. The van der Waals surface area contributed by atoms with Gasteiger partial charge in [0.25, 0.3) is 5.91 Å². The van der Waals surface area contributed by atoms with Gasteiger partial charge in [0, 0.05) is 0 Å². The van der Waals surface area contributed by atoms with E-state index in [1.165, 1.54) is 17.3 Å². The van der Waals surface area contributed by atoms with Crippen LogP contribution < -0.4 is 14.2 Å². The van der Waals surface area contributed by atoms with E-state index in [-0.39, 0.29) is 5.91 Å². The lowest BCUT2D eigenvalue weighted by atomic mass is 10.1. The first-order chi connectivity index (χ1) is 19.9. The van der Waals surface area contributed by atoms with E-state index in [0.717, 1.165) is 31.7 Å². The number of carbonyl (C=O) groups excluding carboxylic acids is 1. The summed E-state index contributed by atoms with van der Waals surface area (Å²) in [6.07, 6.45) is 1.89. The minimum atomic E-state index is -0.103. The van der Waals surface area contributed by atoms with Crippen molar-refractivity contribution in [2.45, 2.75) is 20.1 Å². The average molecular weight is 677 g/mol. The molecule has 41 heavy (non-hydrogen) atoms. The predicted octanol–water partition coefficient (Wildman–Crippen LogP) is 8.00. The van der Waals surface area contributed by atoms with Crippen LogP contribution in [0.3, 0.4) is 0 Å². The van der Waals surface area contributed by atoms with Crippen LogP contribution in [0.4, 0.5) is 5.69 Å². The number of methoxy groups -OCH3 is 2. The van der Waals surface area contributed by atoms with Crippen LogP contribution in [0.15, 0.2) is 101 Å². The topological polar surface area (TPSA) is 60.4 Å². The van der Waals surface area contributed by atoms with E-state index >= 15 is 0 Å². The average Bonchev–Trinajstić information content (AvgIpc) is 3.26. The predicted molar refractivity (Wildman–Crippen MR) is 174 cm³/mol. The molecule has 6 nitrogen and oxygen atoms in total. The van der Waals surface area contributed by atoms with E-state index in [2.05, 4.69) is 41.6 Å². The molecule has 1 heterocycles. The van der Waals surface area contributed by atoms with E-state index in [4.69, 9.17) is 19.2 Å². The molecule has 1 amide bonds. The summed E-state index contributed by atoms with van der Waals surface area (Å²) >= 11 is 3.61. The number of halogens is 1. The largest absolute Gasteiger partial charge is 0.497 e. The number of rotatable bonds is 9. The summed E-state index contributed by atoms with van der Waals surface area (Å²) < 4.78 is 18.0. The molecule has 4 aromatic rings. The maximum atomic E-state index is 13.7. The molecule has 0 bridgehead atoms. The molecule has 1 fully saturated rings. The fourth-order valence-corrected chi connectivity index (χ4v) is 6.11. The van der Waals surface area contributed by atoms with Crippen molar-refractivity contribution in [1.82, 2.24) is 4.90 Å². The lowest BCUT2D eigenvalue weighted by Gasteiger charge is -2.16. The van der Waals surface area contributed by atoms with Gasteiger partial charge in [0.05, 0.1) is 34.9 Å². The molecule has 0 saturated carbocycles. The highest BCUT2D eigenvalue weighted by atomic mass is 127. The monoisotopic (exact) mass is 676 g/mol. The van der Waals surface area contributed by atoms with Crippen molar-refractivity contribution in [3.63, 3.8) is 0 Å². The second-order valence-electron chi connectivity index (χ2n) is 9.39. The molecule has 0 N–H and O–H groups in total. The number of hydrogen-bond acceptors (Lipinski definition) is 6. The Balaban J connectivity index is 1.43. The second kappa shape index (κ2) is 13.3. The summed E-state index contributed by atoms with van der Waals surface area (Å²) in [5, 5.41) is 0.628. The molecule has 5 rings (SSSR count). The first kappa shape index (κ1) is 28.8. The van der Waals surface area contributed by atoms with Crippen LogP contribution >= 0.6 is 34.4 Å². The third-order valence-electron chi connectivity index (χ3n) is 6.38. The molecule has 1 aliphatic rings. The number of para-hydroxylation sites is 1. The normalized spacial score (nSPS) is 15.0. The maximum Gasteiger partial charge on any atom is 0.267 e. The smallest absolute Gasteiger partial charge is 0.267 e. The minimum Gasteiger partial charge on any atom is -0.497 e.